The van der Waals surface area contributed by atoms with Gasteiger partial charge in [0.25, 0.3) is 0 Å². The van der Waals surface area contributed by atoms with Crippen LogP contribution in [0, 0.1) is 17.8 Å². The fourth-order valence-corrected chi connectivity index (χ4v) is 5.08. The molecule has 148 valence electrons. The molecule has 4 rings (SSSR count). The van der Waals surface area contributed by atoms with Crippen molar-refractivity contribution in [2.24, 2.45) is 23.5 Å². The summed E-state index contributed by atoms with van der Waals surface area (Å²) < 4.78 is 0. The lowest BCUT2D eigenvalue weighted by molar-refractivity contribution is -0.128. The smallest absolute Gasteiger partial charge is 0.223 e. The number of aromatic nitrogens is 1. The fourth-order valence-electron chi connectivity index (χ4n) is 5.08. The lowest BCUT2D eigenvalue weighted by Crippen LogP contribution is -2.49. The second-order valence-electron chi connectivity index (χ2n) is 8.73. The van der Waals surface area contributed by atoms with Gasteiger partial charge >= 0.3 is 0 Å². The number of likely N-dealkylation sites (N-methyl/N-ethyl adjacent to an activating group) is 1. The number of hydrogen-bond donors (Lipinski definition) is 2. The van der Waals surface area contributed by atoms with Gasteiger partial charge in [-0.1, -0.05) is 12.5 Å². The van der Waals surface area contributed by atoms with E-state index in [0.29, 0.717) is 24.4 Å². The molecule has 1 aromatic rings. The van der Waals surface area contributed by atoms with Gasteiger partial charge in [-0.2, -0.15) is 0 Å². The van der Waals surface area contributed by atoms with E-state index in [2.05, 4.69) is 39.3 Å². The molecule has 2 atom stereocenters. The van der Waals surface area contributed by atoms with Crippen molar-refractivity contribution < 1.29 is 4.79 Å². The topological polar surface area (TPSA) is 74.5 Å². The molecule has 1 aromatic heterocycles. The Morgan fingerprint density at radius 1 is 1.19 bits per heavy atom. The molecule has 3 aliphatic rings. The highest BCUT2D eigenvalue weighted by Crippen LogP contribution is 2.41. The molecule has 1 aliphatic heterocycles. The zero-order chi connectivity index (χ0) is 18.8. The summed E-state index contributed by atoms with van der Waals surface area (Å²) in [6.07, 6.45) is 7.49. The largest absolute Gasteiger partial charge is 0.354 e. The summed E-state index contributed by atoms with van der Waals surface area (Å²) in [7, 11) is 2.16. The van der Waals surface area contributed by atoms with Crippen LogP contribution in [-0.2, 0) is 11.3 Å². The molecule has 0 spiro atoms. The lowest BCUT2D eigenvalue weighted by Gasteiger charge is -2.43. The summed E-state index contributed by atoms with van der Waals surface area (Å²) in [6.45, 7) is 4.75. The summed E-state index contributed by atoms with van der Waals surface area (Å²) in [5.41, 5.74) is 7.41. The van der Waals surface area contributed by atoms with Crippen LogP contribution >= 0.6 is 0 Å². The third-order valence-electron chi connectivity index (χ3n) is 6.89. The van der Waals surface area contributed by atoms with Crippen molar-refractivity contribution in [1.82, 2.24) is 15.2 Å². The van der Waals surface area contributed by atoms with E-state index in [4.69, 9.17) is 5.73 Å². The van der Waals surface area contributed by atoms with Crippen LogP contribution in [0.2, 0.25) is 0 Å². The number of amides is 1. The maximum atomic E-state index is 12.7. The van der Waals surface area contributed by atoms with Crippen molar-refractivity contribution in [2.75, 3.05) is 38.1 Å². The van der Waals surface area contributed by atoms with E-state index in [0.717, 1.165) is 50.4 Å². The highest BCUT2D eigenvalue weighted by Gasteiger charge is 2.40. The number of nitrogens with two attached hydrogens (primary N) is 1. The zero-order valence-electron chi connectivity index (χ0n) is 16.4. The van der Waals surface area contributed by atoms with E-state index in [1.165, 1.54) is 19.3 Å². The molecular formula is C21H33N5O. The first-order valence-corrected chi connectivity index (χ1v) is 10.5. The standard InChI is InChI=1S/C21H33N5O/c1-25-7-9-26(10-8-25)19-6-5-15(13-23-19)14-24-21(27)18-11-16-3-2-4-17(12-18)20(16)22/h5-6,13,16-18,20H,2-4,7-12,14,22H2,1H3,(H,24,27). The molecule has 6 nitrogen and oxygen atoms in total. The van der Waals surface area contributed by atoms with Gasteiger partial charge in [0.15, 0.2) is 0 Å². The number of carbonyl (C=O) groups is 1. The summed E-state index contributed by atoms with van der Waals surface area (Å²) in [4.78, 5) is 21.9. The van der Waals surface area contributed by atoms with Crippen molar-refractivity contribution in [1.29, 1.82) is 0 Å². The Kier molecular flexibility index (Phi) is 5.64. The number of anilines is 1. The van der Waals surface area contributed by atoms with E-state index in [-0.39, 0.29) is 11.8 Å². The van der Waals surface area contributed by atoms with Gasteiger partial charge in [-0.15, -0.1) is 0 Å². The summed E-state index contributed by atoms with van der Waals surface area (Å²) in [5.74, 6) is 2.45. The Morgan fingerprint density at radius 2 is 1.89 bits per heavy atom. The van der Waals surface area contributed by atoms with Crippen LogP contribution < -0.4 is 16.0 Å². The number of nitrogens with one attached hydrogen (secondary N) is 1. The number of piperazine rings is 1. The van der Waals surface area contributed by atoms with Gasteiger partial charge in [-0.05, 0) is 56.2 Å². The maximum absolute atomic E-state index is 12.7. The second kappa shape index (κ2) is 8.15. The lowest BCUT2D eigenvalue weighted by atomic mass is 9.65. The number of nitrogens with zero attached hydrogens (tertiary/aromatic N) is 3. The molecule has 3 fully saturated rings. The van der Waals surface area contributed by atoms with E-state index >= 15 is 0 Å². The first-order valence-electron chi connectivity index (χ1n) is 10.5. The summed E-state index contributed by atoms with van der Waals surface area (Å²) in [6, 6.07) is 4.48. The zero-order valence-corrected chi connectivity index (χ0v) is 16.4. The number of hydrogen-bond acceptors (Lipinski definition) is 5. The van der Waals surface area contributed by atoms with Crippen LogP contribution in [0.1, 0.15) is 37.7 Å². The first-order chi connectivity index (χ1) is 13.1. The molecule has 2 saturated carbocycles. The van der Waals surface area contributed by atoms with Crippen LogP contribution in [-0.4, -0.2) is 55.1 Å². The van der Waals surface area contributed by atoms with Gasteiger partial charge in [0, 0.05) is 50.9 Å². The van der Waals surface area contributed by atoms with E-state index < -0.39 is 0 Å². The molecule has 6 heteroatoms. The second-order valence-corrected chi connectivity index (χ2v) is 8.73. The van der Waals surface area contributed by atoms with Crippen LogP contribution in [0.15, 0.2) is 18.3 Å². The van der Waals surface area contributed by atoms with Gasteiger partial charge in [-0.3, -0.25) is 4.79 Å². The van der Waals surface area contributed by atoms with Crippen molar-refractivity contribution in [3.63, 3.8) is 0 Å². The Morgan fingerprint density at radius 3 is 2.52 bits per heavy atom. The molecule has 3 N–H and O–H groups in total. The fraction of sp³-hybridized carbons (Fsp3) is 0.714. The Hall–Kier alpha value is -1.66. The number of rotatable bonds is 4. The van der Waals surface area contributed by atoms with Crippen LogP contribution in [0.4, 0.5) is 5.82 Å². The average molecular weight is 372 g/mol. The average Bonchev–Trinajstić information content (AvgIpc) is 2.67. The van der Waals surface area contributed by atoms with Crippen molar-refractivity contribution in [3.8, 4) is 0 Å². The van der Waals surface area contributed by atoms with E-state index in [1.54, 1.807) is 0 Å². The van der Waals surface area contributed by atoms with E-state index in [1.807, 2.05) is 6.20 Å². The third kappa shape index (κ3) is 4.27. The maximum Gasteiger partial charge on any atom is 0.223 e. The van der Waals surface area contributed by atoms with Crippen molar-refractivity contribution in [2.45, 2.75) is 44.7 Å². The molecule has 2 aliphatic carbocycles. The van der Waals surface area contributed by atoms with E-state index in [9.17, 15) is 4.79 Å². The van der Waals surface area contributed by atoms with Crippen LogP contribution in [0.25, 0.3) is 0 Å². The van der Waals surface area contributed by atoms with Gasteiger partial charge < -0.3 is 20.9 Å². The highest BCUT2D eigenvalue weighted by molar-refractivity contribution is 5.78. The Labute approximate surface area is 162 Å². The van der Waals surface area contributed by atoms with Gasteiger partial charge in [0.05, 0.1) is 0 Å². The van der Waals surface area contributed by atoms with Crippen molar-refractivity contribution >= 4 is 11.7 Å². The van der Waals surface area contributed by atoms with Crippen LogP contribution in [0.5, 0.6) is 0 Å². The molecule has 2 heterocycles. The summed E-state index contributed by atoms with van der Waals surface area (Å²) >= 11 is 0. The minimum Gasteiger partial charge on any atom is -0.354 e. The third-order valence-corrected chi connectivity index (χ3v) is 6.89. The Bertz CT molecular complexity index is 626. The minimum atomic E-state index is 0.137. The molecule has 2 bridgehead atoms. The normalized spacial score (nSPS) is 31.6. The first kappa shape index (κ1) is 18.7. The molecule has 0 aromatic carbocycles. The highest BCUT2D eigenvalue weighted by atomic mass is 16.1. The van der Waals surface area contributed by atoms with Crippen LogP contribution in [0.3, 0.4) is 0 Å². The number of carbonyl (C=O) groups excluding carboxylic acids is 1. The minimum absolute atomic E-state index is 0.137. The van der Waals surface area contributed by atoms with Gasteiger partial charge in [-0.25, -0.2) is 4.98 Å². The molecule has 27 heavy (non-hydrogen) atoms. The Balaban J connectivity index is 1.28. The summed E-state index contributed by atoms with van der Waals surface area (Å²) in [5, 5.41) is 3.14. The number of pyridine rings is 1. The van der Waals surface area contributed by atoms with Crippen molar-refractivity contribution in [3.05, 3.63) is 23.9 Å². The molecule has 2 unspecified atom stereocenters. The molecule has 1 saturated heterocycles. The predicted molar refractivity (Wildman–Crippen MR) is 107 cm³/mol. The SMILES string of the molecule is CN1CCN(c2ccc(CNC(=O)C3CC4CCCC(C3)C4N)cn2)CC1. The predicted octanol–water partition coefficient (Wildman–Crippen LogP) is 1.60. The van der Waals surface area contributed by atoms with Gasteiger partial charge in [0.2, 0.25) is 5.91 Å². The molecule has 1 amide bonds. The molecule has 0 radical (unpaired) electrons. The molecular weight excluding hydrogens is 338 g/mol. The monoisotopic (exact) mass is 371 g/mol. The quantitative estimate of drug-likeness (QED) is 0.841. The number of fused-ring (bicyclic) bond motifs is 2. The van der Waals surface area contributed by atoms with Gasteiger partial charge in [0.1, 0.15) is 5.82 Å².